The van der Waals surface area contributed by atoms with Crippen molar-refractivity contribution in [3.05, 3.63) is 52.1 Å². The van der Waals surface area contributed by atoms with E-state index in [1.807, 2.05) is 38.5 Å². The van der Waals surface area contributed by atoms with Crippen LogP contribution in [0.4, 0.5) is 5.82 Å². The van der Waals surface area contributed by atoms with E-state index in [1.54, 1.807) is 7.11 Å². The number of rotatable bonds is 6. The van der Waals surface area contributed by atoms with Crippen LogP contribution in [0.5, 0.6) is 5.75 Å². The van der Waals surface area contributed by atoms with E-state index < -0.39 is 0 Å². The number of nitrogens with one attached hydrogen (secondary N) is 1. The molecule has 1 aromatic carbocycles. The van der Waals surface area contributed by atoms with Crippen LogP contribution in [0.25, 0.3) is 0 Å². The van der Waals surface area contributed by atoms with Gasteiger partial charge in [-0.15, -0.1) is 0 Å². The molecule has 2 aromatic rings. The topological polar surface area (TPSA) is 37.4 Å². The summed E-state index contributed by atoms with van der Waals surface area (Å²) in [7, 11) is 5.68. The van der Waals surface area contributed by atoms with Gasteiger partial charge in [-0.2, -0.15) is 0 Å². The number of benzene rings is 1. The summed E-state index contributed by atoms with van der Waals surface area (Å²) >= 11 is 3.48. The second kappa shape index (κ2) is 7.43. The molecule has 0 aliphatic carbocycles. The molecule has 5 heteroatoms. The third-order valence-electron chi connectivity index (χ3n) is 3.24. The lowest BCUT2D eigenvalue weighted by Crippen LogP contribution is -2.21. The van der Waals surface area contributed by atoms with Gasteiger partial charge in [-0.1, -0.05) is 18.2 Å². The standard InChI is InChI=1S/C16H20BrN3O/c1-18-9-13-8-14(17)10-19-16(13)20(2)11-12-6-4-5-7-15(12)21-3/h4-8,10,18H,9,11H2,1-3H3. The number of methoxy groups -OCH3 is 1. The summed E-state index contributed by atoms with van der Waals surface area (Å²) in [5, 5.41) is 3.18. The average molecular weight is 350 g/mol. The maximum absolute atomic E-state index is 5.41. The Morgan fingerprint density at radius 2 is 2.05 bits per heavy atom. The highest BCUT2D eigenvalue weighted by Crippen LogP contribution is 2.25. The zero-order chi connectivity index (χ0) is 15.2. The highest BCUT2D eigenvalue weighted by atomic mass is 79.9. The number of aromatic nitrogens is 1. The number of anilines is 1. The van der Waals surface area contributed by atoms with E-state index in [-0.39, 0.29) is 0 Å². The van der Waals surface area contributed by atoms with Crippen LogP contribution < -0.4 is 15.0 Å². The number of para-hydroxylation sites is 1. The number of nitrogens with zero attached hydrogens (tertiary/aromatic N) is 2. The fourth-order valence-electron chi connectivity index (χ4n) is 2.30. The molecule has 1 N–H and O–H groups in total. The molecule has 0 radical (unpaired) electrons. The van der Waals surface area contributed by atoms with Gasteiger partial charge in [-0.25, -0.2) is 4.98 Å². The van der Waals surface area contributed by atoms with Gasteiger partial charge in [0.2, 0.25) is 0 Å². The van der Waals surface area contributed by atoms with Crippen LogP contribution in [0.1, 0.15) is 11.1 Å². The van der Waals surface area contributed by atoms with Crippen LogP contribution in [-0.4, -0.2) is 26.2 Å². The number of hydrogen-bond donors (Lipinski definition) is 1. The van der Waals surface area contributed by atoms with Crippen molar-refractivity contribution in [2.45, 2.75) is 13.1 Å². The van der Waals surface area contributed by atoms with Crippen molar-refractivity contribution < 1.29 is 4.74 Å². The molecule has 0 spiro atoms. The minimum absolute atomic E-state index is 0.745. The van der Waals surface area contributed by atoms with Crippen molar-refractivity contribution in [1.82, 2.24) is 10.3 Å². The zero-order valence-electron chi connectivity index (χ0n) is 12.6. The summed E-state index contributed by atoms with van der Waals surface area (Å²) in [6.45, 7) is 1.52. The smallest absolute Gasteiger partial charge is 0.133 e. The molecule has 1 heterocycles. The minimum atomic E-state index is 0.745. The molecule has 0 amide bonds. The van der Waals surface area contributed by atoms with Gasteiger partial charge >= 0.3 is 0 Å². The van der Waals surface area contributed by atoms with E-state index >= 15 is 0 Å². The second-order valence-electron chi connectivity index (χ2n) is 4.83. The van der Waals surface area contributed by atoms with Crippen LogP contribution in [0, 0.1) is 0 Å². The van der Waals surface area contributed by atoms with Crippen molar-refractivity contribution >= 4 is 21.7 Å². The molecule has 0 aliphatic rings. The predicted molar refractivity (Wildman–Crippen MR) is 89.8 cm³/mol. The first kappa shape index (κ1) is 15.8. The van der Waals surface area contributed by atoms with Crippen LogP contribution >= 0.6 is 15.9 Å². The van der Waals surface area contributed by atoms with Gasteiger partial charge in [-0.3, -0.25) is 0 Å². The molecule has 2 rings (SSSR count). The summed E-state index contributed by atoms with van der Waals surface area (Å²) in [6, 6.07) is 10.2. The summed E-state index contributed by atoms with van der Waals surface area (Å²) in [5.41, 5.74) is 2.30. The highest BCUT2D eigenvalue weighted by Gasteiger charge is 2.12. The molecular formula is C16H20BrN3O. The van der Waals surface area contributed by atoms with Crippen LogP contribution in [0.2, 0.25) is 0 Å². The van der Waals surface area contributed by atoms with Crippen molar-refractivity contribution in [3.63, 3.8) is 0 Å². The molecule has 1 aromatic heterocycles. The van der Waals surface area contributed by atoms with Gasteiger partial charge in [0, 0.05) is 41.9 Å². The largest absolute Gasteiger partial charge is 0.496 e. The molecule has 21 heavy (non-hydrogen) atoms. The molecular weight excluding hydrogens is 330 g/mol. The first-order valence-corrected chi connectivity index (χ1v) is 7.57. The number of halogens is 1. The van der Waals surface area contributed by atoms with Crippen molar-refractivity contribution in [3.8, 4) is 5.75 Å². The van der Waals surface area contributed by atoms with E-state index in [0.29, 0.717) is 0 Å². The fraction of sp³-hybridized carbons (Fsp3) is 0.312. The molecule has 0 fully saturated rings. The van der Waals surface area contributed by atoms with Gasteiger partial charge in [0.25, 0.3) is 0 Å². The number of ether oxygens (including phenoxy) is 1. The third kappa shape index (κ3) is 3.95. The molecule has 0 saturated heterocycles. The van der Waals surface area contributed by atoms with Crippen LogP contribution in [0.3, 0.4) is 0 Å². The molecule has 0 saturated carbocycles. The first-order chi connectivity index (χ1) is 10.2. The van der Waals surface area contributed by atoms with Crippen molar-refractivity contribution in [2.75, 3.05) is 26.1 Å². The van der Waals surface area contributed by atoms with Crippen LogP contribution in [-0.2, 0) is 13.1 Å². The van der Waals surface area contributed by atoms with Gasteiger partial charge < -0.3 is 15.0 Å². The van der Waals surface area contributed by atoms with Gasteiger partial charge in [0.15, 0.2) is 0 Å². The summed E-state index contributed by atoms with van der Waals surface area (Å²) in [5.74, 6) is 1.87. The van der Waals surface area contributed by atoms with E-state index in [0.717, 1.165) is 40.3 Å². The molecule has 0 unspecified atom stereocenters. The summed E-state index contributed by atoms with van der Waals surface area (Å²) < 4.78 is 6.40. The van der Waals surface area contributed by atoms with E-state index in [2.05, 4.69) is 43.3 Å². The lowest BCUT2D eigenvalue weighted by molar-refractivity contribution is 0.409. The SMILES string of the molecule is CNCc1cc(Br)cnc1N(C)Cc1ccccc1OC. The normalized spacial score (nSPS) is 10.5. The Kier molecular flexibility index (Phi) is 5.59. The molecule has 0 aliphatic heterocycles. The van der Waals surface area contributed by atoms with E-state index in [1.165, 1.54) is 0 Å². The number of hydrogen-bond acceptors (Lipinski definition) is 4. The maximum Gasteiger partial charge on any atom is 0.133 e. The monoisotopic (exact) mass is 349 g/mol. The Morgan fingerprint density at radius 1 is 1.29 bits per heavy atom. The average Bonchev–Trinajstić information content (AvgIpc) is 2.48. The molecule has 0 bridgehead atoms. The summed E-state index contributed by atoms with van der Waals surface area (Å²) in [4.78, 5) is 6.68. The Morgan fingerprint density at radius 3 is 2.76 bits per heavy atom. The Bertz CT molecular complexity index is 604. The fourth-order valence-corrected chi connectivity index (χ4v) is 2.68. The zero-order valence-corrected chi connectivity index (χ0v) is 14.1. The lowest BCUT2D eigenvalue weighted by Gasteiger charge is -2.22. The Balaban J connectivity index is 2.25. The van der Waals surface area contributed by atoms with Crippen molar-refractivity contribution in [2.24, 2.45) is 0 Å². The second-order valence-corrected chi connectivity index (χ2v) is 5.75. The van der Waals surface area contributed by atoms with E-state index in [4.69, 9.17) is 4.74 Å². The first-order valence-electron chi connectivity index (χ1n) is 6.77. The molecule has 4 nitrogen and oxygen atoms in total. The predicted octanol–water partition coefficient (Wildman–Crippen LogP) is 3.21. The summed E-state index contributed by atoms with van der Waals surface area (Å²) in [6.07, 6.45) is 1.83. The van der Waals surface area contributed by atoms with Gasteiger partial charge in [0.1, 0.15) is 11.6 Å². The highest BCUT2D eigenvalue weighted by molar-refractivity contribution is 9.10. The van der Waals surface area contributed by atoms with E-state index in [9.17, 15) is 0 Å². The number of pyridine rings is 1. The van der Waals surface area contributed by atoms with Gasteiger partial charge in [-0.05, 0) is 35.1 Å². The quantitative estimate of drug-likeness (QED) is 0.868. The minimum Gasteiger partial charge on any atom is -0.496 e. The molecule has 0 atom stereocenters. The van der Waals surface area contributed by atoms with Crippen molar-refractivity contribution in [1.29, 1.82) is 0 Å². The van der Waals surface area contributed by atoms with Gasteiger partial charge in [0.05, 0.1) is 7.11 Å². The Hall–Kier alpha value is -1.59. The maximum atomic E-state index is 5.41. The Labute approximate surface area is 134 Å². The molecule has 112 valence electrons. The van der Waals surface area contributed by atoms with Crippen LogP contribution in [0.15, 0.2) is 41.0 Å². The third-order valence-corrected chi connectivity index (χ3v) is 3.67. The lowest BCUT2D eigenvalue weighted by atomic mass is 10.1.